The second-order valence-electron chi connectivity index (χ2n) is 8.10. The summed E-state index contributed by atoms with van der Waals surface area (Å²) in [6.45, 7) is 8.09. The number of carbonyl (C=O) groups excluding carboxylic acids is 3. The molecule has 0 fully saturated rings. The number of nitrogens with one attached hydrogen (secondary N) is 3. The van der Waals surface area contributed by atoms with Gasteiger partial charge in [0.15, 0.2) is 0 Å². The first-order chi connectivity index (χ1) is 13.3. The van der Waals surface area contributed by atoms with Crippen molar-refractivity contribution in [2.75, 3.05) is 7.05 Å². The summed E-state index contributed by atoms with van der Waals surface area (Å²) in [5, 5.41) is 8.67. The largest absolute Gasteiger partial charge is 0.344 e. The zero-order valence-electron chi connectivity index (χ0n) is 17.7. The van der Waals surface area contributed by atoms with Gasteiger partial charge in [0.05, 0.1) is 12.1 Å². The van der Waals surface area contributed by atoms with E-state index >= 15 is 0 Å². The molecular formula is C22H35N3O3. The lowest BCUT2D eigenvalue weighted by molar-refractivity contribution is -0.131. The minimum Gasteiger partial charge on any atom is -0.344 e. The predicted molar refractivity (Wildman–Crippen MR) is 112 cm³/mol. The van der Waals surface area contributed by atoms with Gasteiger partial charge in [0.2, 0.25) is 11.8 Å². The smallest absolute Gasteiger partial charge is 0.243 e. The van der Waals surface area contributed by atoms with Crippen LogP contribution in [0.15, 0.2) is 30.3 Å². The second kappa shape index (κ2) is 12.3. The van der Waals surface area contributed by atoms with Crippen LogP contribution in [0.3, 0.4) is 0 Å². The van der Waals surface area contributed by atoms with Crippen LogP contribution in [0.1, 0.15) is 46.1 Å². The van der Waals surface area contributed by atoms with Crippen LogP contribution in [0.25, 0.3) is 0 Å². The van der Waals surface area contributed by atoms with Gasteiger partial charge in [-0.05, 0) is 43.7 Å². The van der Waals surface area contributed by atoms with Crippen molar-refractivity contribution >= 4 is 18.1 Å². The predicted octanol–water partition coefficient (Wildman–Crippen LogP) is 2.08. The van der Waals surface area contributed by atoms with Gasteiger partial charge in [0.1, 0.15) is 12.3 Å². The van der Waals surface area contributed by atoms with Gasteiger partial charge in [-0.25, -0.2) is 0 Å². The maximum absolute atomic E-state index is 12.8. The summed E-state index contributed by atoms with van der Waals surface area (Å²) in [4.78, 5) is 36.9. The van der Waals surface area contributed by atoms with Crippen molar-refractivity contribution in [3.63, 3.8) is 0 Å². The van der Waals surface area contributed by atoms with Gasteiger partial charge in [-0.2, -0.15) is 0 Å². The van der Waals surface area contributed by atoms with Crippen LogP contribution < -0.4 is 16.0 Å². The van der Waals surface area contributed by atoms with E-state index in [9.17, 15) is 14.4 Å². The summed E-state index contributed by atoms with van der Waals surface area (Å²) in [5.41, 5.74) is 0.969. The third kappa shape index (κ3) is 8.65. The van der Waals surface area contributed by atoms with E-state index in [1.807, 2.05) is 58.0 Å². The molecule has 156 valence electrons. The lowest BCUT2D eigenvalue weighted by atomic mass is 9.99. The Bertz CT molecular complexity index is 617. The highest BCUT2D eigenvalue weighted by atomic mass is 16.2. The van der Waals surface area contributed by atoms with Crippen LogP contribution in [0.5, 0.6) is 0 Å². The van der Waals surface area contributed by atoms with Crippen molar-refractivity contribution < 1.29 is 14.4 Å². The minimum absolute atomic E-state index is 0.192. The normalized spacial score (nSPS) is 14.4. The zero-order valence-corrected chi connectivity index (χ0v) is 17.7. The number of hydrogen-bond donors (Lipinski definition) is 3. The fourth-order valence-corrected chi connectivity index (χ4v) is 3.09. The monoisotopic (exact) mass is 389 g/mol. The van der Waals surface area contributed by atoms with E-state index in [0.29, 0.717) is 25.2 Å². The third-order valence-electron chi connectivity index (χ3n) is 4.50. The number of carbonyl (C=O) groups is 3. The van der Waals surface area contributed by atoms with E-state index in [2.05, 4.69) is 16.0 Å². The Balaban J connectivity index is 2.79. The van der Waals surface area contributed by atoms with Crippen LogP contribution in [-0.4, -0.2) is 43.3 Å². The van der Waals surface area contributed by atoms with Gasteiger partial charge < -0.3 is 20.7 Å². The van der Waals surface area contributed by atoms with E-state index in [0.717, 1.165) is 11.8 Å². The average molecular weight is 390 g/mol. The molecule has 2 amide bonds. The molecule has 1 aromatic rings. The topological polar surface area (TPSA) is 87.3 Å². The molecule has 0 saturated heterocycles. The molecule has 3 atom stereocenters. The van der Waals surface area contributed by atoms with Crippen molar-refractivity contribution in [3.8, 4) is 0 Å². The summed E-state index contributed by atoms with van der Waals surface area (Å²) >= 11 is 0. The minimum atomic E-state index is -0.672. The molecule has 6 nitrogen and oxygen atoms in total. The molecule has 1 aromatic carbocycles. The van der Waals surface area contributed by atoms with Gasteiger partial charge in [-0.1, -0.05) is 58.0 Å². The molecule has 6 heteroatoms. The number of likely N-dealkylation sites (N-methyl/N-ethyl adjacent to an activating group) is 1. The van der Waals surface area contributed by atoms with Gasteiger partial charge in [-0.15, -0.1) is 0 Å². The van der Waals surface area contributed by atoms with Crippen molar-refractivity contribution in [2.45, 2.75) is 65.1 Å². The first-order valence-corrected chi connectivity index (χ1v) is 10.0. The lowest BCUT2D eigenvalue weighted by Gasteiger charge is -2.25. The summed E-state index contributed by atoms with van der Waals surface area (Å²) in [5.74, 6) is 0.0565. The maximum Gasteiger partial charge on any atom is 0.243 e. The van der Waals surface area contributed by atoms with Crippen LogP contribution in [0, 0.1) is 11.8 Å². The van der Waals surface area contributed by atoms with Gasteiger partial charge >= 0.3 is 0 Å². The number of aldehydes is 1. The fraction of sp³-hybridized carbons (Fsp3) is 0.591. The summed E-state index contributed by atoms with van der Waals surface area (Å²) < 4.78 is 0. The molecule has 0 aliphatic heterocycles. The molecule has 0 unspecified atom stereocenters. The summed E-state index contributed by atoms with van der Waals surface area (Å²) in [6, 6.07) is 7.88. The molecule has 28 heavy (non-hydrogen) atoms. The van der Waals surface area contributed by atoms with Crippen molar-refractivity contribution in [1.29, 1.82) is 0 Å². The Morgan fingerprint density at radius 2 is 1.43 bits per heavy atom. The Kier molecular flexibility index (Phi) is 10.5. The Morgan fingerprint density at radius 1 is 0.893 bits per heavy atom. The van der Waals surface area contributed by atoms with E-state index in [1.54, 1.807) is 7.05 Å². The van der Waals surface area contributed by atoms with Crippen molar-refractivity contribution in [3.05, 3.63) is 35.9 Å². The molecule has 0 saturated carbocycles. The standard InChI is InChI=1S/C22H35N3O3/c1-15(2)11-19(23-5)21(27)25-20(12-16(3)4)22(28)24-18(14-26)13-17-9-7-6-8-10-17/h6-10,14-16,18-20,23H,11-13H2,1-5H3,(H,24,28)(H,25,27)/t18-,19-,20-/m0/s1. The third-order valence-corrected chi connectivity index (χ3v) is 4.50. The summed E-state index contributed by atoms with van der Waals surface area (Å²) in [6.07, 6.45) is 2.36. The number of amides is 2. The van der Waals surface area contributed by atoms with Crippen LogP contribution in [0.4, 0.5) is 0 Å². The molecule has 1 rings (SSSR count). The van der Waals surface area contributed by atoms with Crippen LogP contribution in [0.2, 0.25) is 0 Å². The molecule has 0 aliphatic rings. The molecule has 3 N–H and O–H groups in total. The molecule has 0 heterocycles. The van der Waals surface area contributed by atoms with Crippen LogP contribution in [-0.2, 0) is 20.8 Å². The molecule has 0 bridgehead atoms. The lowest BCUT2D eigenvalue weighted by Crippen LogP contribution is -2.54. The van der Waals surface area contributed by atoms with Crippen molar-refractivity contribution in [2.24, 2.45) is 11.8 Å². The molecule has 0 aliphatic carbocycles. The van der Waals surface area contributed by atoms with Crippen LogP contribution >= 0.6 is 0 Å². The van der Waals surface area contributed by atoms with Crippen molar-refractivity contribution in [1.82, 2.24) is 16.0 Å². The van der Waals surface area contributed by atoms with Gasteiger partial charge in [0, 0.05) is 0 Å². The Morgan fingerprint density at radius 3 is 1.93 bits per heavy atom. The van der Waals surface area contributed by atoms with Gasteiger partial charge in [-0.3, -0.25) is 9.59 Å². The quantitative estimate of drug-likeness (QED) is 0.478. The van der Waals surface area contributed by atoms with E-state index in [4.69, 9.17) is 0 Å². The highest BCUT2D eigenvalue weighted by molar-refractivity contribution is 5.90. The molecule has 0 radical (unpaired) electrons. The summed E-state index contributed by atoms with van der Waals surface area (Å²) in [7, 11) is 1.74. The fourth-order valence-electron chi connectivity index (χ4n) is 3.09. The highest BCUT2D eigenvalue weighted by Gasteiger charge is 2.27. The van der Waals surface area contributed by atoms with E-state index in [-0.39, 0.29) is 23.8 Å². The molecular weight excluding hydrogens is 354 g/mol. The average Bonchev–Trinajstić information content (AvgIpc) is 2.65. The number of rotatable bonds is 12. The van der Waals surface area contributed by atoms with Gasteiger partial charge in [0.25, 0.3) is 0 Å². The van der Waals surface area contributed by atoms with E-state index < -0.39 is 12.1 Å². The number of hydrogen-bond acceptors (Lipinski definition) is 4. The first-order valence-electron chi connectivity index (χ1n) is 10.0. The highest BCUT2D eigenvalue weighted by Crippen LogP contribution is 2.09. The maximum atomic E-state index is 12.8. The molecule has 0 aromatic heterocycles. The SMILES string of the molecule is CN[C@@H](CC(C)C)C(=O)N[C@@H](CC(C)C)C(=O)N[C@H](C=O)Cc1ccccc1. The van der Waals surface area contributed by atoms with E-state index in [1.165, 1.54) is 0 Å². The second-order valence-corrected chi connectivity index (χ2v) is 8.10. The Labute approximate surface area is 168 Å². The Hall–Kier alpha value is -2.21. The zero-order chi connectivity index (χ0) is 21.1. The first kappa shape index (κ1) is 23.8. The molecule has 0 spiro atoms. The number of benzene rings is 1.